The van der Waals surface area contributed by atoms with Crippen LogP contribution in [-0.4, -0.2) is 104 Å². The van der Waals surface area contributed by atoms with E-state index in [4.69, 9.17) is 38.3 Å². The van der Waals surface area contributed by atoms with E-state index in [2.05, 4.69) is 6.92 Å². The van der Waals surface area contributed by atoms with E-state index >= 15 is 0 Å². The summed E-state index contributed by atoms with van der Waals surface area (Å²) in [5, 5.41) is 8.42. The smallest absolute Gasteiger partial charge is 0.329 e. The third-order valence-electron chi connectivity index (χ3n) is 6.10. The fourth-order valence-corrected chi connectivity index (χ4v) is 3.88. The number of aliphatic carboxylic acids is 1. The molecule has 0 spiro atoms. The molecule has 1 N–H and O–H groups in total. The third kappa shape index (κ3) is 37.2. The van der Waals surface area contributed by atoms with Crippen LogP contribution in [0.1, 0.15) is 96.8 Å². The normalized spacial score (nSPS) is 11.4. The van der Waals surface area contributed by atoms with Crippen molar-refractivity contribution in [2.24, 2.45) is 0 Å². The predicted octanol–water partition coefficient (Wildman–Crippen LogP) is 5.67. The average molecular weight is 565 g/mol. The number of carboxylic acid groups (broad SMARTS) is 1. The van der Waals surface area contributed by atoms with Gasteiger partial charge in [0.1, 0.15) is 6.61 Å². The Hall–Kier alpha value is -0.810. The molecule has 9 heteroatoms. The van der Waals surface area contributed by atoms with E-state index in [1.807, 2.05) is 0 Å². The van der Waals surface area contributed by atoms with Crippen molar-refractivity contribution in [3.8, 4) is 0 Å². The molecule has 0 saturated heterocycles. The standard InChI is InChI=1S/C30H60O9/c1-2-3-4-5-6-7-8-9-10-11-12-13-14-15-16-33-17-18-34-19-20-35-21-22-36-23-24-37-25-26-38-27-28-39-29-30(31)32/h2-29H2,1H3,(H,31,32). The fourth-order valence-electron chi connectivity index (χ4n) is 3.88. The molecule has 0 atom stereocenters. The molecule has 0 bridgehead atoms. The minimum absolute atomic E-state index is 0.258. The topological polar surface area (TPSA) is 102 Å². The Morgan fingerprint density at radius 2 is 0.641 bits per heavy atom. The molecule has 0 aliphatic rings. The zero-order chi connectivity index (χ0) is 28.3. The first-order chi connectivity index (χ1) is 19.3. The summed E-state index contributed by atoms with van der Waals surface area (Å²) >= 11 is 0. The Labute approximate surface area is 238 Å². The Morgan fingerprint density at radius 1 is 0.385 bits per heavy atom. The highest BCUT2D eigenvalue weighted by molar-refractivity contribution is 5.67. The van der Waals surface area contributed by atoms with Crippen molar-refractivity contribution in [1.82, 2.24) is 0 Å². The van der Waals surface area contributed by atoms with Crippen molar-refractivity contribution in [3.05, 3.63) is 0 Å². The highest BCUT2D eigenvalue weighted by Gasteiger charge is 1.98. The molecular weight excluding hydrogens is 504 g/mol. The zero-order valence-electron chi connectivity index (χ0n) is 25.0. The Morgan fingerprint density at radius 3 is 0.949 bits per heavy atom. The van der Waals surface area contributed by atoms with Crippen LogP contribution in [0.3, 0.4) is 0 Å². The van der Waals surface area contributed by atoms with Gasteiger partial charge in [-0.05, 0) is 6.42 Å². The summed E-state index contributed by atoms with van der Waals surface area (Å²) in [5.74, 6) is -0.983. The number of rotatable bonds is 35. The van der Waals surface area contributed by atoms with E-state index in [0.29, 0.717) is 72.7 Å². The largest absolute Gasteiger partial charge is 0.480 e. The van der Waals surface area contributed by atoms with Gasteiger partial charge in [-0.3, -0.25) is 0 Å². The first-order valence-electron chi connectivity index (χ1n) is 15.5. The van der Waals surface area contributed by atoms with Crippen LogP contribution in [0, 0.1) is 0 Å². The molecule has 0 aromatic heterocycles. The maximum absolute atomic E-state index is 10.3. The molecular formula is C30H60O9. The van der Waals surface area contributed by atoms with Crippen molar-refractivity contribution in [1.29, 1.82) is 0 Å². The van der Waals surface area contributed by atoms with E-state index in [1.165, 1.54) is 83.5 Å². The number of carboxylic acids is 1. The first-order valence-corrected chi connectivity index (χ1v) is 15.5. The van der Waals surface area contributed by atoms with Crippen LogP contribution >= 0.6 is 0 Å². The molecule has 0 rings (SSSR count). The van der Waals surface area contributed by atoms with Gasteiger partial charge in [0, 0.05) is 6.61 Å². The zero-order valence-corrected chi connectivity index (χ0v) is 25.0. The molecule has 0 saturated carbocycles. The van der Waals surface area contributed by atoms with Crippen molar-refractivity contribution in [2.75, 3.05) is 92.5 Å². The van der Waals surface area contributed by atoms with Gasteiger partial charge >= 0.3 is 5.97 Å². The SMILES string of the molecule is CCCCCCCCCCCCCCCCOCCOCCOCCOCCOCCOCCOCC(=O)O. The van der Waals surface area contributed by atoms with Gasteiger partial charge in [-0.2, -0.15) is 0 Å². The van der Waals surface area contributed by atoms with E-state index in [0.717, 1.165) is 13.0 Å². The first kappa shape index (κ1) is 38.2. The summed E-state index contributed by atoms with van der Waals surface area (Å²) in [7, 11) is 0. The quantitative estimate of drug-likeness (QED) is 0.0976. The van der Waals surface area contributed by atoms with Crippen LogP contribution in [0.4, 0.5) is 0 Å². The van der Waals surface area contributed by atoms with Gasteiger partial charge < -0.3 is 38.3 Å². The van der Waals surface area contributed by atoms with Crippen LogP contribution in [0.15, 0.2) is 0 Å². The van der Waals surface area contributed by atoms with Gasteiger partial charge in [-0.25, -0.2) is 4.79 Å². The molecule has 0 unspecified atom stereocenters. The molecule has 0 aromatic carbocycles. The monoisotopic (exact) mass is 564 g/mol. The average Bonchev–Trinajstić information content (AvgIpc) is 2.93. The third-order valence-corrected chi connectivity index (χ3v) is 6.10. The van der Waals surface area contributed by atoms with E-state index < -0.39 is 5.97 Å². The van der Waals surface area contributed by atoms with Crippen LogP contribution < -0.4 is 0 Å². The minimum Gasteiger partial charge on any atom is -0.480 e. The number of hydrogen-bond donors (Lipinski definition) is 1. The maximum Gasteiger partial charge on any atom is 0.329 e. The van der Waals surface area contributed by atoms with Crippen molar-refractivity contribution < 1.29 is 43.1 Å². The Balaban J connectivity index is 3.02. The van der Waals surface area contributed by atoms with Crippen LogP contribution in [-0.2, 0) is 38.0 Å². The summed E-state index contributed by atoms with van der Waals surface area (Å²) < 4.78 is 37.6. The van der Waals surface area contributed by atoms with E-state index in [9.17, 15) is 4.79 Å². The van der Waals surface area contributed by atoms with Gasteiger partial charge in [0.2, 0.25) is 0 Å². The summed E-state index contributed by atoms with van der Waals surface area (Å²) in [5.41, 5.74) is 0. The van der Waals surface area contributed by atoms with Crippen molar-refractivity contribution in [2.45, 2.75) is 96.8 Å². The second-order valence-electron chi connectivity index (χ2n) is 9.72. The van der Waals surface area contributed by atoms with Gasteiger partial charge in [0.25, 0.3) is 0 Å². The molecule has 0 aliphatic heterocycles. The van der Waals surface area contributed by atoms with Gasteiger partial charge in [0.05, 0.1) is 79.3 Å². The summed E-state index contributed by atoms with van der Waals surface area (Å²) in [4.78, 5) is 10.3. The highest BCUT2D eigenvalue weighted by Crippen LogP contribution is 2.12. The Bertz CT molecular complexity index is 466. The lowest BCUT2D eigenvalue weighted by molar-refractivity contribution is -0.142. The molecule has 234 valence electrons. The predicted molar refractivity (Wildman–Crippen MR) is 154 cm³/mol. The Kier molecular flexibility index (Phi) is 34.5. The molecule has 0 radical (unpaired) electrons. The van der Waals surface area contributed by atoms with Crippen LogP contribution in [0.25, 0.3) is 0 Å². The van der Waals surface area contributed by atoms with E-state index in [1.54, 1.807) is 0 Å². The fraction of sp³-hybridized carbons (Fsp3) is 0.967. The van der Waals surface area contributed by atoms with Gasteiger partial charge in [-0.15, -0.1) is 0 Å². The molecule has 9 nitrogen and oxygen atoms in total. The molecule has 0 amide bonds. The lowest BCUT2D eigenvalue weighted by Gasteiger charge is -2.08. The molecule has 0 heterocycles. The summed E-state index contributed by atoms with van der Waals surface area (Å²) in [6.45, 7) is 8.69. The number of unbranched alkanes of at least 4 members (excludes halogenated alkanes) is 13. The van der Waals surface area contributed by atoms with Gasteiger partial charge in [0.15, 0.2) is 0 Å². The second kappa shape index (κ2) is 35.2. The summed E-state index contributed by atoms with van der Waals surface area (Å²) in [6, 6.07) is 0. The van der Waals surface area contributed by atoms with Crippen molar-refractivity contribution >= 4 is 5.97 Å². The molecule has 0 aliphatic carbocycles. The van der Waals surface area contributed by atoms with Crippen LogP contribution in [0.2, 0.25) is 0 Å². The number of ether oxygens (including phenoxy) is 7. The number of carbonyl (C=O) groups is 1. The maximum atomic E-state index is 10.3. The minimum atomic E-state index is -0.983. The van der Waals surface area contributed by atoms with Gasteiger partial charge in [-0.1, -0.05) is 90.4 Å². The lowest BCUT2D eigenvalue weighted by atomic mass is 10.0. The highest BCUT2D eigenvalue weighted by atomic mass is 16.6. The number of hydrogen-bond acceptors (Lipinski definition) is 8. The second-order valence-corrected chi connectivity index (χ2v) is 9.72. The van der Waals surface area contributed by atoms with E-state index in [-0.39, 0.29) is 13.2 Å². The lowest BCUT2D eigenvalue weighted by Crippen LogP contribution is -2.15. The molecule has 0 fully saturated rings. The summed E-state index contributed by atoms with van der Waals surface area (Å²) in [6.07, 6.45) is 19.2. The molecule has 0 aromatic rings. The van der Waals surface area contributed by atoms with Crippen LogP contribution in [0.5, 0.6) is 0 Å². The van der Waals surface area contributed by atoms with Crippen molar-refractivity contribution in [3.63, 3.8) is 0 Å². The molecule has 39 heavy (non-hydrogen) atoms.